The minimum atomic E-state index is -3.75. The summed E-state index contributed by atoms with van der Waals surface area (Å²) in [5.74, 6) is -0.195. The zero-order valence-electron chi connectivity index (χ0n) is 15.6. The van der Waals surface area contributed by atoms with E-state index in [2.05, 4.69) is 10.0 Å². The molecular formula is C21H18Cl2N2O4S. The molecule has 0 atom stereocenters. The molecule has 0 aliphatic carbocycles. The summed E-state index contributed by atoms with van der Waals surface area (Å²) in [4.78, 5) is 12.0. The van der Waals surface area contributed by atoms with E-state index in [0.717, 1.165) is 5.56 Å². The van der Waals surface area contributed by atoms with Crippen molar-refractivity contribution >= 4 is 44.8 Å². The molecule has 0 radical (unpaired) electrons. The van der Waals surface area contributed by atoms with E-state index in [9.17, 15) is 13.2 Å². The molecule has 2 N–H and O–H groups in total. The SMILES string of the molecule is O=C(COc1ccc(S(=O)(=O)NCc2ccccc2)cc1Cl)Nc1ccc(Cl)cc1. The first-order chi connectivity index (χ1) is 14.3. The highest BCUT2D eigenvalue weighted by atomic mass is 35.5. The van der Waals surface area contributed by atoms with E-state index in [1.165, 1.54) is 18.2 Å². The maximum Gasteiger partial charge on any atom is 0.262 e. The number of carbonyl (C=O) groups excluding carboxylic acids is 1. The van der Waals surface area contributed by atoms with E-state index in [4.69, 9.17) is 27.9 Å². The Morgan fingerprint density at radius 3 is 2.30 bits per heavy atom. The number of amides is 1. The maximum absolute atomic E-state index is 12.5. The van der Waals surface area contributed by atoms with Crippen LogP contribution in [-0.2, 0) is 21.4 Å². The number of carbonyl (C=O) groups is 1. The molecule has 0 heterocycles. The predicted octanol–water partition coefficient (Wildman–Crippen LogP) is 4.49. The molecule has 6 nitrogen and oxygen atoms in total. The molecule has 156 valence electrons. The average molecular weight is 465 g/mol. The molecule has 0 saturated carbocycles. The largest absolute Gasteiger partial charge is 0.482 e. The Morgan fingerprint density at radius 2 is 1.63 bits per heavy atom. The van der Waals surface area contributed by atoms with E-state index in [-0.39, 0.29) is 28.8 Å². The van der Waals surface area contributed by atoms with Crippen molar-refractivity contribution < 1.29 is 17.9 Å². The lowest BCUT2D eigenvalue weighted by atomic mass is 10.2. The molecule has 0 saturated heterocycles. The van der Waals surface area contributed by atoms with Crippen LogP contribution in [0.2, 0.25) is 10.0 Å². The van der Waals surface area contributed by atoms with Crippen molar-refractivity contribution in [3.63, 3.8) is 0 Å². The van der Waals surface area contributed by atoms with Crippen molar-refractivity contribution in [1.29, 1.82) is 0 Å². The molecule has 0 bridgehead atoms. The molecule has 0 unspecified atom stereocenters. The van der Waals surface area contributed by atoms with Crippen molar-refractivity contribution in [1.82, 2.24) is 4.72 Å². The van der Waals surface area contributed by atoms with Gasteiger partial charge in [0.1, 0.15) is 5.75 Å². The maximum atomic E-state index is 12.5. The van der Waals surface area contributed by atoms with Crippen LogP contribution in [0.25, 0.3) is 0 Å². The predicted molar refractivity (Wildman–Crippen MR) is 117 cm³/mol. The van der Waals surface area contributed by atoms with Gasteiger partial charge in [0.25, 0.3) is 5.91 Å². The molecule has 0 aliphatic heterocycles. The summed E-state index contributed by atoms with van der Waals surface area (Å²) in [6.07, 6.45) is 0. The number of benzene rings is 3. The van der Waals surface area contributed by atoms with Crippen LogP contribution >= 0.6 is 23.2 Å². The standard InChI is InChI=1S/C21H18Cl2N2O4S/c22-16-6-8-17(9-7-16)25-21(26)14-29-20-11-10-18(12-19(20)23)30(27,28)24-13-15-4-2-1-3-5-15/h1-12,24H,13-14H2,(H,25,26). The van der Waals surface area contributed by atoms with E-state index >= 15 is 0 Å². The molecular weight excluding hydrogens is 447 g/mol. The van der Waals surface area contributed by atoms with Crippen molar-refractivity contribution in [3.8, 4) is 5.75 Å². The van der Waals surface area contributed by atoms with E-state index in [0.29, 0.717) is 10.7 Å². The van der Waals surface area contributed by atoms with Crippen molar-refractivity contribution in [2.24, 2.45) is 0 Å². The highest BCUT2D eigenvalue weighted by Crippen LogP contribution is 2.27. The van der Waals surface area contributed by atoms with E-state index in [1.807, 2.05) is 30.3 Å². The number of nitrogens with one attached hydrogen (secondary N) is 2. The third-order valence-electron chi connectivity index (χ3n) is 4.01. The Labute approximate surface area is 184 Å². The van der Waals surface area contributed by atoms with Crippen LogP contribution in [-0.4, -0.2) is 20.9 Å². The summed E-state index contributed by atoms with van der Waals surface area (Å²) in [6.45, 7) is -0.134. The first-order valence-corrected chi connectivity index (χ1v) is 11.1. The number of halogens is 2. The number of hydrogen-bond acceptors (Lipinski definition) is 4. The minimum absolute atomic E-state index is 0.00129. The molecule has 3 rings (SSSR count). The number of sulfonamides is 1. The number of ether oxygens (including phenoxy) is 1. The normalized spacial score (nSPS) is 11.1. The number of rotatable bonds is 8. The molecule has 3 aromatic carbocycles. The fraction of sp³-hybridized carbons (Fsp3) is 0.0952. The van der Waals surface area contributed by atoms with Crippen molar-refractivity contribution in [3.05, 3.63) is 88.4 Å². The van der Waals surface area contributed by atoms with Gasteiger partial charge in [0.2, 0.25) is 10.0 Å². The van der Waals surface area contributed by atoms with Gasteiger partial charge in [-0.1, -0.05) is 53.5 Å². The Balaban J connectivity index is 1.58. The summed E-state index contributed by atoms with van der Waals surface area (Å²) < 4.78 is 32.9. The minimum Gasteiger partial charge on any atom is -0.482 e. The molecule has 1 amide bonds. The van der Waals surface area contributed by atoms with Crippen LogP contribution in [0.5, 0.6) is 5.75 Å². The lowest BCUT2D eigenvalue weighted by Gasteiger charge is -2.11. The van der Waals surface area contributed by atoms with Gasteiger partial charge in [0.15, 0.2) is 6.61 Å². The second-order valence-electron chi connectivity index (χ2n) is 6.25. The Hall–Kier alpha value is -2.58. The van der Waals surface area contributed by atoms with Crippen LogP contribution < -0.4 is 14.8 Å². The molecule has 0 aliphatic rings. The summed E-state index contributed by atoms with van der Waals surface area (Å²) in [6, 6.07) is 19.8. The zero-order chi connectivity index (χ0) is 21.6. The van der Waals surface area contributed by atoms with Crippen LogP contribution in [0.3, 0.4) is 0 Å². The van der Waals surface area contributed by atoms with Crippen LogP contribution in [0.15, 0.2) is 77.7 Å². The molecule has 3 aromatic rings. The second kappa shape index (κ2) is 9.95. The Bertz CT molecular complexity index is 1120. The third kappa shape index (κ3) is 6.21. The van der Waals surface area contributed by atoms with Gasteiger partial charge >= 0.3 is 0 Å². The van der Waals surface area contributed by atoms with Gasteiger partial charge < -0.3 is 10.1 Å². The van der Waals surface area contributed by atoms with Crippen LogP contribution in [0, 0.1) is 0 Å². The quantitative estimate of drug-likeness (QED) is 0.514. The van der Waals surface area contributed by atoms with Crippen molar-refractivity contribution in [2.45, 2.75) is 11.4 Å². The lowest BCUT2D eigenvalue weighted by molar-refractivity contribution is -0.118. The summed E-state index contributed by atoms with van der Waals surface area (Å²) in [5.41, 5.74) is 1.41. The molecule has 0 aromatic heterocycles. The zero-order valence-corrected chi connectivity index (χ0v) is 18.0. The van der Waals surface area contributed by atoms with Gasteiger partial charge in [0.05, 0.1) is 9.92 Å². The van der Waals surface area contributed by atoms with Crippen LogP contribution in [0.4, 0.5) is 5.69 Å². The molecule has 9 heteroatoms. The second-order valence-corrected chi connectivity index (χ2v) is 8.86. The highest BCUT2D eigenvalue weighted by Gasteiger charge is 2.16. The highest BCUT2D eigenvalue weighted by molar-refractivity contribution is 7.89. The summed E-state index contributed by atoms with van der Waals surface area (Å²) in [5, 5.41) is 3.30. The van der Waals surface area contributed by atoms with E-state index in [1.54, 1.807) is 24.3 Å². The Kier molecular flexibility index (Phi) is 7.33. The van der Waals surface area contributed by atoms with Gasteiger partial charge in [0, 0.05) is 17.3 Å². The molecule has 0 fully saturated rings. The van der Waals surface area contributed by atoms with Gasteiger partial charge in [-0.15, -0.1) is 0 Å². The summed E-state index contributed by atoms with van der Waals surface area (Å²) in [7, 11) is -3.75. The molecule has 30 heavy (non-hydrogen) atoms. The fourth-order valence-electron chi connectivity index (χ4n) is 2.50. The average Bonchev–Trinajstić information content (AvgIpc) is 2.74. The molecule has 0 spiro atoms. The van der Waals surface area contributed by atoms with Crippen molar-refractivity contribution in [2.75, 3.05) is 11.9 Å². The van der Waals surface area contributed by atoms with Gasteiger partial charge in [-0.25, -0.2) is 13.1 Å². The Morgan fingerprint density at radius 1 is 0.933 bits per heavy atom. The van der Waals surface area contributed by atoms with Gasteiger partial charge in [-0.05, 0) is 48.0 Å². The van der Waals surface area contributed by atoms with Crippen LogP contribution in [0.1, 0.15) is 5.56 Å². The van der Waals surface area contributed by atoms with Gasteiger partial charge in [-0.3, -0.25) is 4.79 Å². The number of hydrogen-bond donors (Lipinski definition) is 2. The lowest BCUT2D eigenvalue weighted by Crippen LogP contribution is -2.23. The fourth-order valence-corrected chi connectivity index (χ4v) is 3.97. The van der Waals surface area contributed by atoms with Gasteiger partial charge in [-0.2, -0.15) is 0 Å². The number of anilines is 1. The smallest absolute Gasteiger partial charge is 0.262 e. The van der Waals surface area contributed by atoms with E-state index < -0.39 is 15.9 Å². The third-order valence-corrected chi connectivity index (χ3v) is 5.96. The first kappa shape index (κ1) is 22.1. The topological polar surface area (TPSA) is 84.5 Å². The monoisotopic (exact) mass is 464 g/mol. The summed E-state index contributed by atoms with van der Waals surface area (Å²) >= 11 is 12.0. The first-order valence-electron chi connectivity index (χ1n) is 8.85.